The fourth-order valence-electron chi connectivity index (χ4n) is 1.96. The second-order valence-electron chi connectivity index (χ2n) is 4.51. The van der Waals surface area contributed by atoms with Gasteiger partial charge in [-0.3, -0.25) is 4.98 Å². The number of imidazole rings is 1. The molecule has 88 valence electrons. The summed E-state index contributed by atoms with van der Waals surface area (Å²) in [6, 6.07) is 6.73. The van der Waals surface area contributed by atoms with Crippen molar-refractivity contribution in [2.45, 2.75) is 32.4 Å². The number of nitrogens with one attached hydrogen (secondary N) is 1. The number of rotatable bonds is 4. The van der Waals surface area contributed by atoms with Crippen LogP contribution >= 0.6 is 0 Å². The number of aryl methyl sites for hydroxylation is 1. The Labute approximate surface area is 101 Å². The Morgan fingerprint density at radius 1 is 1.41 bits per heavy atom. The second kappa shape index (κ2) is 4.20. The van der Waals surface area contributed by atoms with Gasteiger partial charge in [-0.05, 0) is 31.9 Å². The molecule has 2 aromatic heterocycles. The van der Waals surface area contributed by atoms with E-state index in [1.165, 1.54) is 12.8 Å². The molecule has 1 fully saturated rings. The van der Waals surface area contributed by atoms with Gasteiger partial charge in [-0.15, -0.1) is 0 Å². The first-order chi connectivity index (χ1) is 8.33. The van der Waals surface area contributed by atoms with Gasteiger partial charge in [-0.2, -0.15) is 0 Å². The maximum Gasteiger partial charge on any atom is 0.203 e. The molecule has 0 spiro atoms. The SMILES string of the molecule is Cc1cccc(CNc2nccn2C2CC2)n1. The first-order valence-electron chi connectivity index (χ1n) is 6.02. The molecule has 4 nitrogen and oxygen atoms in total. The highest BCUT2D eigenvalue weighted by Gasteiger charge is 2.25. The Morgan fingerprint density at radius 3 is 3.06 bits per heavy atom. The van der Waals surface area contributed by atoms with Gasteiger partial charge in [0.05, 0.1) is 12.2 Å². The molecule has 0 aliphatic heterocycles. The van der Waals surface area contributed by atoms with E-state index in [4.69, 9.17) is 0 Å². The van der Waals surface area contributed by atoms with Crippen LogP contribution in [0, 0.1) is 6.92 Å². The average Bonchev–Trinajstić information content (AvgIpc) is 3.06. The van der Waals surface area contributed by atoms with Crippen molar-refractivity contribution in [3.05, 3.63) is 42.0 Å². The number of aromatic nitrogens is 3. The molecule has 0 unspecified atom stereocenters. The Hall–Kier alpha value is -1.84. The molecule has 17 heavy (non-hydrogen) atoms. The van der Waals surface area contributed by atoms with E-state index in [0.29, 0.717) is 6.04 Å². The number of pyridine rings is 1. The predicted molar refractivity (Wildman–Crippen MR) is 66.8 cm³/mol. The molecule has 1 N–H and O–H groups in total. The molecule has 0 bridgehead atoms. The fraction of sp³-hybridized carbons (Fsp3) is 0.385. The summed E-state index contributed by atoms with van der Waals surface area (Å²) in [5.41, 5.74) is 2.10. The van der Waals surface area contributed by atoms with Crippen molar-refractivity contribution >= 4 is 5.95 Å². The summed E-state index contributed by atoms with van der Waals surface area (Å²) in [5.74, 6) is 0.954. The van der Waals surface area contributed by atoms with Gasteiger partial charge in [0.2, 0.25) is 5.95 Å². The van der Waals surface area contributed by atoms with Crippen LogP contribution in [0.15, 0.2) is 30.6 Å². The third kappa shape index (κ3) is 2.30. The lowest BCUT2D eigenvalue weighted by molar-refractivity contribution is 0.742. The second-order valence-corrected chi connectivity index (χ2v) is 4.51. The van der Waals surface area contributed by atoms with Crippen molar-refractivity contribution in [1.29, 1.82) is 0 Å². The first-order valence-corrected chi connectivity index (χ1v) is 6.02. The summed E-state index contributed by atoms with van der Waals surface area (Å²) in [4.78, 5) is 8.80. The average molecular weight is 228 g/mol. The van der Waals surface area contributed by atoms with E-state index in [0.717, 1.165) is 23.9 Å². The summed E-state index contributed by atoms with van der Waals surface area (Å²) in [6.07, 6.45) is 6.44. The van der Waals surface area contributed by atoms with E-state index >= 15 is 0 Å². The van der Waals surface area contributed by atoms with Gasteiger partial charge in [0.1, 0.15) is 0 Å². The van der Waals surface area contributed by atoms with Gasteiger partial charge in [-0.25, -0.2) is 4.98 Å². The van der Waals surface area contributed by atoms with Gasteiger partial charge >= 0.3 is 0 Å². The molecule has 0 saturated heterocycles. The van der Waals surface area contributed by atoms with Crippen LogP contribution in [0.3, 0.4) is 0 Å². The standard InChI is InChI=1S/C13H16N4/c1-10-3-2-4-11(16-10)9-15-13-14-7-8-17(13)12-5-6-12/h2-4,7-8,12H,5-6,9H2,1H3,(H,14,15). The quantitative estimate of drug-likeness (QED) is 0.874. The van der Waals surface area contributed by atoms with Crippen LogP contribution in [0.5, 0.6) is 0 Å². The summed E-state index contributed by atoms with van der Waals surface area (Å²) in [5, 5.41) is 3.35. The molecule has 4 heteroatoms. The van der Waals surface area contributed by atoms with Crippen LogP contribution in [-0.2, 0) is 6.54 Å². The number of hydrogen-bond donors (Lipinski definition) is 1. The summed E-state index contributed by atoms with van der Waals surface area (Å²) >= 11 is 0. The van der Waals surface area contributed by atoms with E-state index in [9.17, 15) is 0 Å². The third-order valence-corrected chi connectivity index (χ3v) is 2.98. The van der Waals surface area contributed by atoms with Crippen LogP contribution in [0.1, 0.15) is 30.3 Å². The molecule has 2 aromatic rings. The fourth-order valence-corrected chi connectivity index (χ4v) is 1.96. The third-order valence-electron chi connectivity index (χ3n) is 2.98. The van der Waals surface area contributed by atoms with Crippen molar-refractivity contribution in [2.75, 3.05) is 5.32 Å². The highest BCUT2D eigenvalue weighted by atomic mass is 15.2. The van der Waals surface area contributed by atoms with Crippen molar-refractivity contribution in [1.82, 2.24) is 14.5 Å². The zero-order valence-electron chi connectivity index (χ0n) is 9.93. The Bertz CT molecular complexity index is 514. The van der Waals surface area contributed by atoms with Crippen molar-refractivity contribution < 1.29 is 0 Å². The molecule has 2 heterocycles. The summed E-state index contributed by atoms with van der Waals surface area (Å²) < 4.78 is 2.22. The van der Waals surface area contributed by atoms with Crippen LogP contribution in [0.4, 0.5) is 5.95 Å². The zero-order valence-corrected chi connectivity index (χ0v) is 9.93. The lowest BCUT2D eigenvalue weighted by atomic mass is 10.3. The lowest BCUT2D eigenvalue weighted by Crippen LogP contribution is -2.07. The maximum absolute atomic E-state index is 4.46. The number of hydrogen-bond acceptors (Lipinski definition) is 3. The van der Waals surface area contributed by atoms with Crippen molar-refractivity contribution in [3.63, 3.8) is 0 Å². The van der Waals surface area contributed by atoms with Crippen molar-refractivity contribution in [3.8, 4) is 0 Å². The van der Waals surface area contributed by atoms with Crippen LogP contribution in [0.25, 0.3) is 0 Å². The van der Waals surface area contributed by atoms with E-state index < -0.39 is 0 Å². The smallest absolute Gasteiger partial charge is 0.203 e. The number of anilines is 1. The Morgan fingerprint density at radius 2 is 2.29 bits per heavy atom. The highest BCUT2D eigenvalue weighted by molar-refractivity contribution is 5.29. The molecule has 0 amide bonds. The molecule has 1 aliphatic rings. The highest BCUT2D eigenvalue weighted by Crippen LogP contribution is 2.36. The zero-order chi connectivity index (χ0) is 11.7. The number of nitrogens with zero attached hydrogens (tertiary/aromatic N) is 3. The summed E-state index contributed by atoms with van der Waals surface area (Å²) in [6.45, 7) is 2.74. The molecular formula is C13H16N4. The minimum Gasteiger partial charge on any atom is -0.350 e. The van der Waals surface area contributed by atoms with E-state index in [1.807, 2.05) is 37.5 Å². The van der Waals surface area contributed by atoms with Crippen LogP contribution in [0.2, 0.25) is 0 Å². The van der Waals surface area contributed by atoms with Gasteiger partial charge in [-0.1, -0.05) is 6.07 Å². The molecule has 1 aliphatic carbocycles. The van der Waals surface area contributed by atoms with Gasteiger partial charge < -0.3 is 9.88 Å². The maximum atomic E-state index is 4.46. The van der Waals surface area contributed by atoms with Crippen molar-refractivity contribution in [2.24, 2.45) is 0 Å². The van der Waals surface area contributed by atoms with Gasteiger partial charge in [0.15, 0.2) is 0 Å². The van der Waals surface area contributed by atoms with Crippen LogP contribution in [-0.4, -0.2) is 14.5 Å². The molecule has 3 rings (SSSR count). The monoisotopic (exact) mass is 228 g/mol. The van der Waals surface area contributed by atoms with Gasteiger partial charge in [0.25, 0.3) is 0 Å². The van der Waals surface area contributed by atoms with Gasteiger partial charge in [0, 0.05) is 24.1 Å². The topological polar surface area (TPSA) is 42.7 Å². The molecule has 0 aromatic carbocycles. The Kier molecular flexibility index (Phi) is 2.55. The van der Waals surface area contributed by atoms with E-state index in [2.05, 4.69) is 19.9 Å². The minimum atomic E-state index is 0.658. The minimum absolute atomic E-state index is 0.658. The first kappa shape index (κ1) is 10.3. The Balaban J connectivity index is 1.69. The summed E-state index contributed by atoms with van der Waals surface area (Å²) in [7, 11) is 0. The molecule has 0 radical (unpaired) electrons. The van der Waals surface area contributed by atoms with Crippen LogP contribution < -0.4 is 5.32 Å². The normalized spacial score (nSPS) is 14.9. The van der Waals surface area contributed by atoms with E-state index in [-0.39, 0.29) is 0 Å². The van der Waals surface area contributed by atoms with E-state index in [1.54, 1.807) is 0 Å². The molecule has 1 saturated carbocycles. The lowest BCUT2D eigenvalue weighted by Gasteiger charge is -2.08. The molecular weight excluding hydrogens is 212 g/mol. The largest absolute Gasteiger partial charge is 0.350 e. The molecule has 0 atom stereocenters. The predicted octanol–water partition coefficient (Wildman–Crippen LogP) is 2.53.